The summed E-state index contributed by atoms with van der Waals surface area (Å²) < 4.78 is 11.0. The molecule has 6 heteroatoms. The third-order valence-corrected chi connectivity index (χ3v) is 4.03. The zero-order valence-corrected chi connectivity index (χ0v) is 13.5. The highest BCUT2D eigenvalue weighted by Gasteiger charge is 2.17. The van der Waals surface area contributed by atoms with Crippen molar-refractivity contribution < 1.29 is 19.5 Å². The Balaban J connectivity index is 1.76. The molecule has 0 saturated heterocycles. The van der Waals surface area contributed by atoms with Crippen molar-refractivity contribution in [2.75, 3.05) is 20.3 Å². The summed E-state index contributed by atoms with van der Waals surface area (Å²) in [6.45, 7) is 2.85. The molecule has 2 aromatic carbocycles. The molecule has 126 valence electrons. The minimum Gasteiger partial charge on any atom is -0.497 e. The van der Waals surface area contributed by atoms with E-state index in [0.29, 0.717) is 17.9 Å². The molecule has 0 spiro atoms. The topological polar surface area (TPSA) is 71.0 Å². The summed E-state index contributed by atoms with van der Waals surface area (Å²) in [5, 5.41) is 8.74. The fourth-order valence-corrected chi connectivity index (χ4v) is 2.79. The molecular formula is C18H20N2O4. The van der Waals surface area contributed by atoms with Gasteiger partial charge in [-0.3, -0.25) is 14.9 Å². The Morgan fingerprint density at radius 2 is 2.21 bits per heavy atom. The molecule has 0 bridgehead atoms. The van der Waals surface area contributed by atoms with E-state index >= 15 is 0 Å². The van der Waals surface area contributed by atoms with E-state index in [0.717, 1.165) is 30.9 Å². The molecular weight excluding hydrogens is 308 g/mol. The Morgan fingerprint density at radius 1 is 1.33 bits per heavy atom. The molecule has 6 nitrogen and oxygen atoms in total. The molecule has 1 heterocycles. The quantitative estimate of drug-likeness (QED) is 0.665. The zero-order chi connectivity index (χ0) is 16.9. The SMILES string of the molecule is COc1cccc(CN2CCOc3cc(C(=O)NO)ccc3C2)c1. The van der Waals surface area contributed by atoms with Crippen LogP contribution in [0.25, 0.3) is 0 Å². The fourth-order valence-electron chi connectivity index (χ4n) is 2.79. The number of hydrogen-bond acceptors (Lipinski definition) is 5. The molecule has 1 aliphatic rings. The molecule has 0 saturated carbocycles. The monoisotopic (exact) mass is 328 g/mol. The van der Waals surface area contributed by atoms with Crippen LogP contribution in [-0.2, 0) is 13.1 Å². The van der Waals surface area contributed by atoms with E-state index in [1.807, 2.05) is 24.3 Å². The molecule has 24 heavy (non-hydrogen) atoms. The van der Waals surface area contributed by atoms with Crippen LogP contribution < -0.4 is 15.0 Å². The van der Waals surface area contributed by atoms with Crippen LogP contribution in [0.15, 0.2) is 42.5 Å². The summed E-state index contributed by atoms with van der Waals surface area (Å²) in [6, 6.07) is 13.2. The largest absolute Gasteiger partial charge is 0.497 e. The van der Waals surface area contributed by atoms with Crippen LogP contribution in [0.5, 0.6) is 11.5 Å². The van der Waals surface area contributed by atoms with Crippen LogP contribution in [0.4, 0.5) is 0 Å². The molecule has 1 aliphatic heterocycles. The Bertz CT molecular complexity index is 733. The molecule has 0 atom stereocenters. The van der Waals surface area contributed by atoms with Crippen molar-refractivity contribution in [3.8, 4) is 11.5 Å². The number of nitrogens with one attached hydrogen (secondary N) is 1. The lowest BCUT2D eigenvalue weighted by molar-refractivity contribution is 0.0706. The van der Waals surface area contributed by atoms with Crippen molar-refractivity contribution in [1.29, 1.82) is 0 Å². The lowest BCUT2D eigenvalue weighted by atomic mass is 10.1. The smallest absolute Gasteiger partial charge is 0.274 e. The average Bonchev–Trinajstić information content (AvgIpc) is 2.82. The number of amides is 1. The maximum atomic E-state index is 11.5. The molecule has 0 unspecified atom stereocenters. The Hall–Kier alpha value is -2.57. The predicted molar refractivity (Wildman–Crippen MR) is 88.3 cm³/mol. The minimum absolute atomic E-state index is 0.373. The van der Waals surface area contributed by atoms with E-state index in [-0.39, 0.29) is 0 Å². The third kappa shape index (κ3) is 3.67. The van der Waals surface area contributed by atoms with Crippen LogP contribution in [0.3, 0.4) is 0 Å². The summed E-state index contributed by atoms with van der Waals surface area (Å²) in [5.74, 6) is 0.988. The number of carbonyl (C=O) groups excluding carboxylic acids is 1. The highest BCUT2D eigenvalue weighted by Crippen LogP contribution is 2.26. The first-order chi connectivity index (χ1) is 11.7. The molecule has 1 amide bonds. The van der Waals surface area contributed by atoms with E-state index in [4.69, 9.17) is 14.7 Å². The zero-order valence-electron chi connectivity index (χ0n) is 13.5. The lowest BCUT2D eigenvalue weighted by Crippen LogP contribution is -2.25. The summed E-state index contributed by atoms with van der Waals surface area (Å²) in [5.41, 5.74) is 4.21. The van der Waals surface area contributed by atoms with Crippen molar-refractivity contribution >= 4 is 5.91 Å². The average molecular weight is 328 g/mol. The molecule has 2 N–H and O–H groups in total. The van der Waals surface area contributed by atoms with E-state index in [2.05, 4.69) is 11.0 Å². The van der Waals surface area contributed by atoms with E-state index in [1.165, 1.54) is 5.56 Å². The highest BCUT2D eigenvalue weighted by molar-refractivity contribution is 5.93. The van der Waals surface area contributed by atoms with Crippen molar-refractivity contribution in [3.05, 3.63) is 59.2 Å². The van der Waals surface area contributed by atoms with Gasteiger partial charge in [-0.25, -0.2) is 5.48 Å². The number of carbonyl (C=O) groups is 1. The van der Waals surface area contributed by atoms with E-state index < -0.39 is 5.91 Å². The van der Waals surface area contributed by atoms with Crippen LogP contribution in [0.1, 0.15) is 21.5 Å². The van der Waals surface area contributed by atoms with Gasteiger partial charge < -0.3 is 9.47 Å². The van der Waals surface area contributed by atoms with Crippen molar-refractivity contribution in [1.82, 2.24) is 10.4 Å². The van der Waals surface area contributed by atoms with Crippen LogP contribution in [0, 0.1) is 0 Å². The second-order valence-electron chi connectivity index (χ2n) is 5.67. The minimum atomic E-state index is -0.543. The molecule has 3 rings (SSSR count). The second-order valence-corrected chi connectivity index (χ2v) is 5.67. The number of benzene rings is 2. The fraction of sp³-hybridized carbons (Fsp3) is 0.278. The van der Waals surface area contributed by atoms with E-state index in [1.54, 1.807) is 24.7 Å². The maximum absolute atomic E-state index is 11.5. The first-order valence-electron chi connectivity index (χ1n) is 7.75. The number of rotatable bonds is 4. The Labute approximate surface area is 140 Å². The van der Waals surface area contributed by atoms with Gasteiger partial charge in [-0.2, -0.15) is 0 Å². The maximum Gasteiger partial charge on any atom is 0.274 e. The van der Waals surface area contributed by atoms with Gasteiger partial charge in [-0.05, 0) is 29.8 Å². The number of methoxy groups -OCH3 is 1. The van der Waals surface area contributed by atoms with Gasteiger partial charge in [0, 0.05) is 30.8 Å². The molecule has 0 aromatic heterocycles. The molecule has 0 radical (unpaired) electrons. The summed E-state index contributed by atoms with van der Waals surface area (Å²) >= 11 is 0. The van der Waals surface area contributed by atoms with E-state index in [9.17, 15) is 4.79 Å². The van der Waals surface area contributed by atoms with Gasteiger partial charge >= 0.3 is 0 Å². The summed E-state index contributed by atoms with van der Waals surface area (Å²) in [7, 11) is 1.66. The Morgan fingerprint density at radius 3 is 3.00 bits per heavy atom. The molecule has 0 fully saturated rings. The van der Waals surface area contributed by atoms with Crippen LogP contribution in [-0.4, -0.2) is 36.3 Å². The first kappa shape index (κ1) is 16.3. The number of ether oxygens (including phenoxy) is 2. The van der Waals surface area contributed by atoms with Crippen molar-refractivity contribution in [3.63, 3.8) is 0 Å². The first-order valence-corrected chi connectivity index (χ1v) is 7.75. The number of fused-ring (bicyclic) bond motifs is 1. The lowest BCUT2D eigenvalue weighted by Gasteiger charge is -2.19. The standard InChI is InChI=1S/C18H20N2O4/c1-23-16-4-2-3-13(9-16)11-20-7-8-24-17-10-14(18(21)19-22)5-6-15(17)12-20/h2-6,9-10,22H,7-8,11-12H2,1H3,(H,19,21). The van der Waals surface area contributed by atoms with Gasteiger partial charge in [0.2, 0.25) is 0 Å². The summed E-state index contributed by atoms with van der Waals surface area (Å²) in [6.07, 6.45) is 0. The highest BCUT2D eigenvalue weighted by atomic mass is 16.5. The van der Waals surface area contributed by atoms with Gasteiger partial charge in [0.25, 0.3) is 5.91 Å². The van der Waals surface area contributed by atoms with Gasteiger partial charge in [-0.1, -0.05) is 18.2 Å². The molecule has 0 aliphatic carbocycles. The van der Waals surface area contributed by atoms with Crippen molar-refractivity contribution in [2.24, 2.45) is 0 Å². The Kier molecular flexibility index (Phi) is 4.98. The van der Waals surface area contributed by atoms with Gasteiger partial charge in [-0.15, -0.1) is 0 Å². The normalized spacial score (nSPS) is 14.2. The van der Waals surface area contributed by atoms with Gasteiger partial charge in [0.1, 0.15) is 18.1 Å². The number of hydrogen-bond donors (Lipinski definition) is 2. The van der Waals surface area contributed by atoms with Gasteiger partial charge in [0.15, 0.2) is 0 Å². The summed E-state index contributed by atoms with van der Waals surface area (Å²) in [4.78, 5) is 13.8. The number of nitrogens with zero attached hydrogens (tertiary/aromatic N) is 1. The number of hydroxylamine groups is 1. The third-order valence-electron chi connectivity index (χ3n) is 4.03. The predicted octanol–water partition coefficient (Wildman–Crippen LogP) is 2.21. The van der Waals surface area contributed by atoms with Crippen molar-refractivity contribution in [2.45, 2.75) is 13.1 Å². The second kappa shape index (κ2) is 7.33. The van der Waals surface area contributed by atoms with Crippen LogP contribution in [0.2, 0.25) is 0 Å². The van der Waals surface area contributed by atoms with Crippen LogP contribution >= 0.6 is 0 Å². The van der Waals surface area contributed by atoms with Gasteiger partial charge in [0.05, 0.1) is 7.11 Å². The molecule has 2 aromatic rings.